The van der Waals surface area contributed by atoms with Gasteiger partial charge in [0.05, 0.1) is 0 Å². The topological polar surface area (TPSA) is 38.9 Å². The van der Waals surface area contributed by atoms with E-state index in [1.807, 2.05) is 11.6 Å². The number of nitrogens with zero attached hydrogens (tertiary/aromatic N) is 1. The average molecular weight is 188 g/mol. The van der Waals surface area contributed by atoms with E-state index in [0.717, 1.165) is 17.3 Å². The van der Waals surface area contributed by atoms with Gasteiger partial charge in [0.2, 0.25) is 0 Å². The highest BCUT2D eigenvalue weighted by molar-refractivity contribution is 8.01. The van der Waals surface area contributed by atoms with E-state index in [1.54, 1.807) is 23.1 Å². The molecule has 1 heterocycles. The zero-order valence-corrected chi connectivity index (χ0v) is 8.12. The lowest BCUT2D eigenvalue weighted by atomic mass is 10.3. The van der Waals surface area contributed by atoms with Crippen molar-refractivity contribution in [3.8, 4) is 0 Å². The Hall–Kier alpha value is -0.0600. The van der Waals surface area contributed by atoms with Crippen molar-refractivity contribution >= 4 is 23.1 Å². The molecule has 4 heteroatoms. The quantitative estimate of drug-likeness (QED) is 0.734. The van der Waals surface area contributed by atoms with Gasteiger partial charge in [-0.15, -0.1) is 11.3 Å². The molecule has 1 atom stereocenters. The largest absolute Gasteiger partial charge is 0.330 e. The number of hydrogen-bond acceptors (Lipinski definition) is 4. The molecule has 0 aromatic carbocycles. The minimum Gasteiger partial charge on any atom is -0.330 e. The molecule has 11 heavy (non-hydrogen) atoms. The van der Waals surface area contributed by atoms with Crippen LogP contribution in [0.3, 0.4) is 0 Å². The van der Waals surface area contributed by atoms with Crippen LogP contribution in [0.4, 0.5) is 0 Å². The highest BCUT2D eigenvalue weighted by Crippen LogP contribution is 2.26. The average Bonchev–Trinajstić information content (AvgIpc) is 2.40. The summed E-state index contributed by atoms with van der Waals surface area (Å²) in [5, 5.41) is 2.59. The summed E-state index contributed by atoms with van der Waals surface area (Å²) >= 11 is 3.49. The normalized spacial score (nSPS) is 13.3. The molecule has 1 rings (SSSR count). The second kappa shape index (κ2) is 4.74. The van der Waals surface area contributed by atoms with Gasteiger partial charge in [-0.25, -0.2) is 4.98 Å². The number of aromatic nitrogens is 1. The summed E-state index contributed by atoms with van der Waals surface area (Å²) in [6.45, 7) is 2.94. The van der Waals surface area contributed by atoms with Crippen LogP contribution in [0.5, 0.6) is 0 Å². The summed E-state index contributed by atoms with van der Waals surface area (Å²) in [6.07, 6.45) is 2.90. The van der Waals surface area contributed by atoms with Gasteiger partial charge in [-0.3, -0.25) is 0 Å². The summed E-state index contributed by atoms with van der Waals surface area (Å²) in [7, 11) is 0. The van der Waals surface area contributed by atoms with E-state index in [1.165, 1.54) is 0 Å². The van der Waals surface area contributed by atoms with Gasteiger partial charge in [-0.2, -0.15) is 0 Å². The van der Waals surface area contributed by atoms with Gasteiger partial charge in [0.25, 0.3) is 0 Å². The first-order valence-electron chi connectivity index (χ1n) is 3.59. The van der Waals surface area contributed by atoms with Crippen molar-refractivity contribution in [2.75, 3.05) is 6.54 Å². The summed E-state index contributed by atoms with van der Waals surface area (Å²) in [6, 6.07) is 0. The highest BCUT2D eigenvalue weighted by atomic mass is 32.2. The molecule has 0 saturated carbocycles. The minimum atomic E-state index is 0.589. The Balaban J connectivity index is 2.31. The molecule has 0 aliphatic rings. The summed E-state index contributed by atoms with van der Waals surface area (Å²) < 4.78 is 1.14. The minimum absolute atomic E-state index is 0.589. The molecule has 1 aromatic rings. The van der Waals surface area contributed by atoms with Crippen molar-refractivity contribution in [1.29, 1.82) is 0 Å². The van der Waals surface area contributed by atoms with Crippen molar-refractivity contribution in [1.82, 2.24) is 4.98 Å². The maximum absolute atomic E-state index is 5.43. The zero-order valence-electron chi connectivity index (χ0n) is 6.49. The van der Waals surface area contributed by atoms with Crippen LogP contribution < -0.4 is 5.73 Å². The van der Waals surface area contributed by atoms with Crippen LogP contribution in [0.1, 0.15) is 13.3 Å². The van der Waals surface area contributed by atoms with Gasteiger partial charge in [0, 0.05) is 16.8 Å². The summed E-state index contributed by atoms with van der Waals surface area (Å²) in [5.74, 6) is 0. The lowest BCUT2D eigenvalue weighted by Gasteiger charge is -2.05. The molecule has 0 spiro atoms. The maximum Gasteiger partial charge on any atom is 0.150 e. The second-order valence-corrected chi connectivity index (χ2v) is 4.88. The van der Waals surface area contributed by atoms with Crippen LogP contribution in [0.2, 0.25) is 0 Å². The Morgan fingerprint density at radius 1 is 1.82 bits per heavy atom. The first-order chi connectivity index (χ1) is 5.33. The molecule has 0 aliphatic heterocycles. The van der Waals surface area contributed by atoms with Crippen molar-refractivity contribution in [3.63, 3.8) is 0 Å². The van der Waals surface area contributed by atoms with Gasteiger partial charge in [-0.1, -0.05) is 18.7 Å². The number of nitrogens with two attached hydrogens (primary N) is 1. The summed E-state index contributed by atoms with van der Waals surface area (Å²) in [4.78, 5) is 4.18. The van der Waals surface area contributed by atoms with E-state index >= 15 is 0 Å². The Morgan fingerprint density at radius 3 is 3.18 bits per heavy atom. The molecule has 0 aliphatic carbocycles. The highest BCUT2D eigenvalue weighted by Gasteiger charge is 2.04. The predicted molar refractivity (Wildman–Crippen MR) is 51.1 cm³/mol. The molecule has 0 amide bonds. The lowest BCUT2D eigenvalue weighted by molar-refractivity contribution is 0.822. The number of rotatable bonds is 4. The maximum atomic E-state index is 5.43. The lowest BCUT2D eigenvalue weighted by Crippen LogP contribution is -2.06. The fourth-order valence-corrected chi connectivity index (χ4v) is 2.70. The van der Waals surface area contributed by atoms with Crippen molar-refractivity contribution < 1.29 is 0 Å². The molecular formula is C7H12N2S2. The van der Waals surface area contributed by atoms with E-state index in [-0.39, 0.29) is 0 Å². The van der Waals surface area contributed by atoms with Crippen LogP contribution in [0.25, 0.3) is 0 Å². The van der Waals surface area contributed by atoms with E-state index in [4.69, 9.17) is 5.73 Å². The molecule has 2 nitrogen and oxygen atoms in total. The second-order valence-electron chi connectivity index (χ2n) is 2.30. The standard InChI is InChI=1S/C7H12N2S2/c1-6(2-3-8)11-7-9-4-5-10-7/h4-6H,2-3,8H2,1H3. The Bertz CT molecular complexity index is 186. The monoisotopic (exact) mass is 188 g/mol. The van der Waals surface area contributed by atoms with Gasteiger partial charge in [0.1, 0.15) is 4.34 Å². The molecule has 1 unspecified atom stereocenters. The Labute approximate surface area is 75.2 Å². The van der Waals surface area contributed by atoms with Crippen LogP contribution in [-0.4, -0.2) is 16.8 Å². The van der Waals surface area contributed by atoms with Crippen LogP contribution >= 0.6 is 23.1 Å². The van der Waals surface area contributed by atoms with Crippen molar-refractivity contribution in [2.45, 2.75) is 22.9 Å². The number of hydrogen-bond donors (Lipinski definition) is 1. The third-order valence-corrected chi connectivity index (χ3v) is 3.37. The molecule has 2 N–H and O–H groups in total. The van der Waals surface area contributed by atoms with Crippen molar-refractivity contribution in [3.05, 3.63) is 11.6 Å². The third-order valence-electron chi connectivity index (χ3n) is 1.28. The van der Waals surface area contributed by atoms with Crippen LogP contribution in [0, 0.1) is 0 Å². The van der Waals surface area contributed by atoms with Gasteiger partial charge in [-0.05, 0) is 13.0 Å². The van der Waals surface area contributed by atoms with Gasteiger partial charge >= 0.3 is 0 Å². The SMILES string of the molecule is CC(CCN)Sc1nccs1. The molecular weight excluding hydrogens is 176 g/mol. The van der Waals surface area contributed by atoms with Crippen LogP contribution in [-0.2, 0) is 0 Å². The number of thiazole rings is 1. The molecule has 0 radical (unpaired) electrons. The van der Waals surface area contributed by atoms with Gasteiger partial charge < -0.3 is 5.73 Å². The Kier molecular flexibility index (Phi) is 3.90. The molecule has 0 bridgehead atoms. The first-order valence-corrected chi connectivity index (χ1v) is 5.35. The van der Waals surface area contributed by atoms with E-state index in [2.05, 4.69) is 11.9 Å². The van der Waals surface area contributed by atoms with Crippen molar-refractivity contribution in [2.24, 2.45) is 5.73 Å². The summed E-state index contributed by atoms with van der Waals surface area (Å²) in [5.41, 5.74) is 5.43. The van der Waals surface area contributed by atoms with E-state index in [9.17, 15) is 0 Å². The fraction of sp³-hybridized carbons (Fsp3) is 0.571. The molecule has 0 saturated heterocycles. The fourth-order valence-electron chi connectivity index (χ4n) is 0.734. The third kappa shape index (κ3) is 3.22. The van der Waals surface area contributed by atoms with E-state index < -0.39 is 0 Å². The smallest absolute Gasteiger partial charge is 0.150 e. The first kappa shape index (κ1) is 9.03. The Morgan fingerprint density at radius 2 is 2.64 bits per heavy atom. The molecule has 62 valence electrons. The molecule has 1 aromatic heterocycles. The van der Waals surface area contributed by atoms with E-state index in [0.29, 0.717) is 5.25 Å². The molecule has 0 fully saturated rings. The van der Waals surface area contributed by atoms with Gasteiger partial charge in [0.15, 0.2) is 0 Å². The number of thioether (sulfide) groups is 1. The predicted octanol–water partition coefficient (Wildman–Crippen LogP) is 1.97. The zero-order chi connectivity index (χ0) is 8.10. The van der Waals surface area contributed by atoms with Crippen LogP contribution in [0.15, 0.2) is 15.9 Å².